The fraction of sp³-hybridized carbons (Fsp3) is 0.389. The van der Waals surface area contributed by atoms with E-state index in [-0.39, 0.29) is 18.4 Å². The van der Waals surface area contributed by atoms with Crippen LogP contribution in [-0.4, -0.2) is 24.3 Å². The van der Waals surface area contributed by atoms with Gasteiger partial charge in [0, 0.05) is 12.0 Å². The van der Waals surface area contributed by atoms with Gasteiger partial charge in [-0.25, -0.2) is 0 Å². The molecule has 0 saturated heterocycles. The summed E-state index contributed by atoms with van der Waals surface area (Å²) >= 11 is 0. The van der Waals surface area contributed by atoms with Crippen molar-refractivity contribution in [1.29, 1.82) is 0 Å². The predicted octanol–water partition coefficient (Wildman–Crippen LogP) is 1.54. The van der Waals surface area contributed by atoms with Crippen LogP contribution >= 0.6 is 0 Å². The van der Waals surface area contributed by atoms with E-state index in [0.717, 1.165) is 31.2 Å². The Hall–Kier alpha value is -2.63. The Morgan fingerprint density at radius 3 is 2.42 bits per heavy atom. The van der Waals surface area contributed by atoms with Crippen molar-refractivity contribution in [3.63, 3.8) is 0 Å². The summed E-state index contributed by atoms with van der Waals surface area (Å²) < 4.78 is 0. The van der Waals surface area contributed by atoms with E-state index >= 15 is 0 Å². The maximum Gasteiger partial charge on any atom is 0.262 e. The number of hydrogen-bond donors (Lipinski definition) is 3. The molecule has 0 heterocycles. The maximum atomic E-state index is 11.9. The van der Waals surface area contributed by atoms with Crippen LogP contribution < -0.4 is 16.2 Å². The molecule has 24 heavy (non-hydrogen) atoms. The minimum absolute atomic E-state index is 0.00921. The first-order valence-electron chi connectivity index (χ1n) is 8.25. The van der Waals surface area contributed by atoms with Crippen LogP contribution in [-0.2, 0) is 14.4 Å². The molecule has 0 aliphatic heterocycles. The van der Waals surface area contributed by atoms with Gasteiger partial charge in [0.1, 0.15) is 0 Å². The van der Waals surface area contributed by atoms with Gasteiger partial charge in [0.15, 0.2) is 0 Å². The number of hydrazine groups is 1. The normalized spacial score (nSPS) is 15.0. The van der Waals surface area contributed by atoms with Gasteiger partial charge < -0.3 is 5.32 Å². The number of amides is 3. The summed E-state index contributed by atoms with van der Waals surface area (Å²) in [5, 5.41) is 2.61. The summed E-state index contributed by atoms with van der Waals surface area (Å²) in [5.74, 6) is -0.971. The Morgan fingerprint density at radius 2 is 1.71 bits per heavy atom. The molecule has 0 spiro atoms. The minimum Gasteiger partial charge on any atom is -0.347 e. The molecule has 1 aromatic rings. The number of nitrogens with one attached hydrogen (secondary N) is 3. The zero-order valence-electron chi connectivity index (χ0n) is 13.6. The van der Waals surface area contributed by atoms with Crippen LogP contribution in [0.3, 0.4) is 0 Å². The Balaban J connectivity index is 1.64. The Bertz CT molecular complexity index is 593. The van der Waals surface area contributed by atoms with Gasteiger partial charge in [-0.15, -0.1) is 0 Å². The molecule has 0 aromatic heterocycles. The first-order chi connectivity index (χ1) is 11.6. The van der Waals surface area contributed by atoms with Crippen molar-refractivity contribution < 1.29 is 14.4 Å². The second-order valence-corrected chi connectivity index (χ2v) is 5.83. The fourth-order valence-electron chi connectivity index (χ4n) is 2.63. The van der Waals surface area contributed by atoms with Gasteiger partial charge in [-0.1, -0.05) is 49.6 Å². The SMILES string of the molecule is O=C(/C=C/c1ccccc1)NNC(=O)CNC(=O)C1CCCCC1. The fourth-order valence-corrected chi connectivity index (χ4v) is 2.63. The number of rotatable bonds is 5. The molecule has 2 rings (SSSR count). The quantitative estimate of drug-likeness (QED) is 0.566. The molecule has 0 radical (unpaired) electrons. The third-order valence-electron chi connectivity index (χ3n) is 3.95. The van der Waals surface area contributed by atoms with Gasteiger partial charge in [-0.3, -0.25) is 25.2 Å². The summed E-state index contributed by atoms with van der Waals surface area (Å²) in [6.07, 6.45) is 8.04. The standard InChI is InChI=1S/C18H23N3O3/c22-16(12-11-14-7-3-1-4-8-14)20-21-17(23)13-19-18(24)15-9-5-2-6-10-15/h1,3-4,7-8,11-12,15H,2,5-6,9-10,13H2,(H,19,24)(H,20,22)(H,21,23)/b12-11+. The summed E-state index contributed by atoms with van der Waals surface area (Å²) in [4.78, 5) is 35.2. The topological polar surface area (TPSA) is 87.3 Å². The van der Waals surface area contributed by atoms with Crippen LogP contribution in [0, 0.1) is 5.92 Å². The number of carbonyl (C=O) groups excluding carboxylic acids is 3. The van der Waals surface area contributed by atoms with E-state index in [9.17, 15) is 14.4 Å². The monoisotopic (exact) mass is 329 g/mol. The molecule has 6 heteroatoms. The highest BCUT2D eigenvalue weighted by molar-refractivity contribution is 5.93. The van der Waals surface area contributed by atoms with E-state index < -0.39 is 11.8 Å². The predicted molar refractivity (Wildman–Crippen MR) is 91.3 cm³/mol. The zero-order chi connectivity index (χ0) is 17.2. The first-order valence-corrected chi connectivity index (χ1v) is 8.25. The zero-order valence-corrected chi connectivity index (χ0v) is 13.6. The molecule has 1 saturated carbocycles. The van der Waals surface area contributed by atoms with Gasteiger partial charge in [0.05, 0.1) is 6.54 Å². The highest BCUT2D eigenvalue weighted by Gasteiger charge is 2.21. The summed E-state index contributed by atoms with van der Waals surface area (Å²) in [6.45, 7) is -0.141. The van der Waals surface area contributed by atoms with Gasteiger partial charge in [0.25, 0.3) is 11.8 Å². The Labute approximate surface area is 141 Å². The highest BCUT2D eigenvalue weighted by atomic mass is 16.2. The van der Waals surface area contributed by atoms with Gasteiger partial charge in [-0.2, -0.15) is 0 Å². The molecular formula is C18H23N3O3. The van der Waals surface area contributed by atoms with Crippen LogP contribution in [0.25, 0.3) is 6.08 Å². The molecule has 3 N–H and O–H groups in total. The molecule has 0 atom stereocenters. The summed E-state index contributed by atoms with van der Waals surface area (Å²) in [7, 11) is 0. The lowest BCUT2D eigenvalue weighted by atomic mass is 9.89. The number of hydrogen-bond acceptors (Lipinski definition) is 3. The van der Waals surface area contributed by atoms with E-state index in [0.29, 0.717) is 0 Å². The minimum atomic E-state index is -0.458. The Kier molecular flexibility index (Phi) is 7.01. The Morgan fingerprint density at radius 1 is 1.00 bits per heavy atom. The summed E-state index contributed by atoms with van der Waals surface area (Å²) in [6, 6.07) is 9.36. The molecule has 1 aromatic carbocycles. The van der Waals surface area contributed by atoms with Crippen molar-refractivity contribution in [2.75, 3.05) is 6.54 Å². The smallest absolute Gasteiger partial charge is 0.262 e. The third kappa shape index (κ3) is 6.24. The van der Waals surface area contributed by atoms with Crippen LogP contribution in [0.15, 0.2) is 36.4 Å². The largest absolute Gasteiger partial charge is 0.347 e. The first kappa shape index (κ1) is 17.7. The van der Waals surface area contributed by atoms with Crippen molar-refractivity contribution in [2.24, 2.45) is 5.92 Å². The van der Waals surface area contributed by atoms with Crippen molar-refractivity contribution in [2.45, 2.75) is 32.1 Å². The molecule has 0 unspecified atom stereocenters. The number of benzene rings is 1. The maximum absolute atomic E-state index is 11.9. The number of carbonyl (C=O) groups is 3. The molecule has 1 fully saturated rings. The van der Waals surface area contributed by atoms with Gasteiger partial charge in [-0.05, 0) is 24.5 Å². The summed E-state index contributed by atoms with van der Waals surface area (Å²) in [5.41, 5.74) is 5.44. The van der Waals surface area contributed by atoms with E-state index in [1.807, 2.05) is 30.3 Å². The third-order valence-corrected chi connectivity index (χ3v) is 3.95. The van der Waals surface area contributed by atoms with E-state index in [2.05, 4.69) is 16.2 Å². The molecule has 6 nitrogen and oxygen atoms in total. The highest BCUT2D eigenvalue weighted by Crippen LogP contribution is 2.23. The van der Waals surface area contributed by atoms with E-state index in [1.54, 1.807) is 6.08 Å². The van der Waals surface area contributed by atoms with E-state index in [4.69, 9.17) is 0 Å². The molecule has 3 amide bonds. The van der Waals surface area contributed by atoms with Gasteiger partial charge >= 0.3 is 0 Å². The van der Waals surface area contributed by atoms with Crippen molar-refractivity contribution in [1.82, 2.24) is 16.2 Å². The lowest BCUT2D eigenvalue weighted by Crippen LogP contribution is -2.46. The average Bonchev–Trinajstić information content (AvgIpc) is 2.64. The molecular weight excluding hydrogens is 306 g/mol. The van der Waals surface area contributed by atoms with Crippen molar-refractivity contribution in [3.05, 3.63) is 42.0 Å². The van der Waals surface area contributed by atoms with Crippen LogP contribution in [0.2, 0.25) is 0 Å². The average molecular weight is 329 g/mol. The van der Waals surface area contributed by atoms with Crippen molar-refractivity contribution in [3.8, 4) is 0 Å². The molecule has 1 aliphatic rings. The van der Waals surface area contributed by atoms with Crippen LogP contribution in [0.1, 0.15) is 37.7 Å². The van der Waals surface area contributed by atoms with Crippen molar-refractivity contribution >= 4 is 23.8 Å². The second kappa shape index (κ2) is 9.50. The second-order valence-electron chi connectivity index (χ2n) is 5.83. The molecule has 1 aliphatic carbocycles. The lowest BCUT2D eigenvalue weighted by Gasteiger charge is -2.20. The van der Waals surface area contributed by atoms with Crippen LogP contribution in [0.4, 0.5) is 0 Å². The molecule has 128 valence electrons. The molecule has 0 bridgehead atoms. The lowest BCUT2D eigenvalue weighted by molar-refractivity contribution is -0.130. The van der Waals surface area contributed by atoms with Crippen LogP contribution in [0.5, 0.6) is 0 Å². The van der Waals surface area contributed by atoms with Gasteiger partial charge in [0.2, 0.25) is 5.91 Å². The van der Waals surface area contributed by atoms with E-state index in [1.165, 1.54) is 12.5 Å².